The van der Waals surface area contributed by atoms with E-state index in [0.717, 1.165) is 66.2 Å². The van der Waals surface area contributed by atoms with E-state index in [9.17, 15) is 4.79 Å². The van der Waals surface area contributed by atoms with E-state index >= 15 is 0 Å². The predicted octanol–water partition coefficient (Wildman–Crippen LogP) is 4.22. The minimum Gasteiger partial charge on any atom is -0.489 e. The first kappa shape index (κ1) is 20.8. The number of fused-ring (bicyclic) bond motifs is 3. The molecule has 1 unspecified atom stereocenters. The molecule has 0 N–H and O–H groups in total. The second-order valence-electron chi connectivity index (χ2n) is 8.58. The maximum absolute atomic E-state index is 12.7. The molecule has 3 aromatic rings. The van der Waals surface area contributed by atoms with Crippen LogP contribution in [0, 0.1) is 13.8 Å². The second kappa shape index (κ2) is 8.79. The van der Waals surface area contributed by atoms with E-state index in [0.29, 0.717) is 19.1 Å². The Morgan fingerprint density at radius 3 is 2.84 bits per heavy atom. The van der Waals surface area contributed by atoms with Gasteiger partial charge < -0.3 is 18.8 Å². The first-order valence-corrected chi connectivity index (χ1v) is 11.2. The zero-order valence-corrected chi connectivity index (χ0v) is 18.6. The van der Waals surface area contributed by atoms with E-state index < -0.39 is 0 Å². The summed E-state index contributed by atoms with van der Waals surface area (Å²) in [5, 5.41) is 0. The maximum Gasteiger partial charge on any atom is 0.197 e. The molecule has 1 fully saturated rings. The fourth-order valence-electron chi connectivity index (χ4n) is 4.45. The summed E-state index contributed by atoms with van der Waals surface area (Å²) in [7, 11) is 0. The van der Waals surface area contributed by atoms with E-state index in [1.807, 2.05) is 38.2 Å². The van der Waals surface area contributed by atoms with Crippen LogP contribution in [-0.4, -0.2) is 28.9 Å². The van der Waals surface area contributed by atoms with Crippen molar-refractivity contribution >= 4 is 0 Å². The molecule has 5 rings (SSSR count). The van der Waals surface area contributed by atoms with Gasteiger partial charge in [0.25, 0.3) is 0 Å². The molecule has 4 heterocycles. The minimum absolute atomic E-state index is 0.00126. The summed E-state index contributed by atoms with van der Waals surface area (Å²) in [6.45, 7) is 6.37. The summed E-state index contributed by atoms with van der Waals surface area (Å²) in [6, 6.07) is 11.8. The number of aromatic nitrogens is 2. The summed E-state index contributed by atoms with van der Waals surface area (Å²) in [5.74, 6) is 1.45. The molecule has 2 aliphatic rings. The van der Waals surface area contributed by atoms with Crippen molar-refractivity contribution in [2.24, 2.45) is 0 Å². The molecule has 166 valence electrons. The Kier molecular flexibility index (Phi) is 5.70. The quantitative estimate of drug-likeness (QED) is 0.584. The van der Waals surface area contributed by atoms with Crippen LogP contribution >= 0.6 is 0 Å². The van der Waals surface area contributed by atoms with Crippen molar-refractivity contribution in [3.8, 4) is 22.9 Å². The molecule has 0 radical (unpaired) electrons. The van der Waals surface area contributed by atoms with E-state index in [1.165, 1.54) is 5.56 Å². The molecule has 1 saturated heterocycles. The predicted molar refractivity (Wildman–Crippen MR) is 122 cm³/mol. The van der Waals surface area contributed by atoms with E-state index in [-0.39, 0.29) is 11.5 Å². The van der Waals surface area contributed by atoms with Crippen molar-refractivity contribution in [3.05, 3.63) is 75.2 Å². The molecule has 2 aromatic heterocycles. The molecular weight excluding hydrogens is 404 g/mol. The summed E-state index contributed by atoms with van der Waals surface area (Å²) < 4.78 is 19.9. The molecule has 0 amide bonds. The Morgan fingerprint density at radius 1 is 1.16 bits per heavy atom. The van der Waals surface area contributed by atoms with Crippen molar-refractivity contribution in [2.45, 2.75) is 52.4 Å². The molecule has 6 heteroatoms. The van der Waals surface area contributed by atoms with Crippen molar-refractivity contribution < 1.29 is 14.2 Å². The normalized spacial score (nSPS) is 17.0. The summed E-state index contributed by atoms with van der Waals surface area (Å²) in [6.07, 6.45) is 4.88. The summed E-state index contributed by atoms with van der Waals surface area (Å²) in [5.41, 5.74) is 5.96. The van der Waals surface area contributed by atoms with Gasteiger partial charge in [0.1, 0.15) is 19.0 Å². The SMILES string of the molecule is Cc1ccc(COc2ccc3c(c2)CCn2c(OCC4CCCO4)cc(=O)c(C)c2-3)cn1. The van der Waals surface area contributed by atoms with E-state index in [1.54, 1.807) is 6.07 Å². The smallest absolute Gasteiger partial charge is 0.197 e. The summed E-state index contributed by atoms with van der Waals surface area (Å²) in [4.78, 5) is 17.0. The zero-order valence-electron chi connectivity index (χ0n) is 18.6. The Labute approximate surface area is 187 Å². The lowest BCUT2D eigenvalue weighted by molar-refractivity contribution is 0.0646. The number of rotatable bonds is 6. The van der Waals surface area contributed by atoms with Crippen LogP contribution in [0.25, 0.3) is 11.3 Å². The fraction of sp³-hybridized carbons (Fsp3) is 0.385. The Morgan fingerprint density at radius 2 is 2.06 bits per heavy atom. The lowest BCUT2D eigenvalue weighted by Gasteiger charge is -2.27. The van der Waals surface area contributed by atoms with Gasteiger partial charge >= 0.3 is 0 Å². The molecule has 32 heavy (non-hydrogen) atoms. The monoisotopic (exact) mass is 432 g/mol. The number of nitrogens with zero attached hydrogens (tertiary/aromatic N) is 2. The average Bonchev–Trinajstić information content (AvgIpc) is 3.33. The van der Waals surface area contributed by atoms with Gasteiger partial charge in [-0.25, -0.2) is 0 Å². The molecule has 0 spiro atoms. The van der Waals surface area contributed by atoms with Gasteiger partial charge in [-0.05, 0) is 62.9 Å². The van der Waals surface area contributed by atoms with Crippen LogP contribution in [0.5, 0.6) is 11.6 Å². The molecule has 0 aliphatic carbocycles. The third kappa shape index (κ3) is 4.15. The average molecular weight is 433 g/mol. The largest absolute Gasteiger partial charge is 0.489 e. The van der Waals surface area contributed by atoms with Gasteiger partial charge in [-0.3, -0.25) is 9.78 Å². The highest BCUT2D eigenvalue weighted by Crippen LogP contribution is 2.36. The van der Waals surface area contributed by atoms with E-state index in [4.69, 9.17) is 14.2 Å². The number of hydrogen-bond donors (Lipinski definition) is 0. The lowest BCUT2D eigenvalue weighted by Crippen LogP contribution is -2.24. The number of pyridine rings is 2. The van der Waals surface area contributed by atoms with Gasteiger partial charge in [0, 0.05) is 47.8 Å². The van der Waals surface area contributed by atoms with Gasteiger partial charge in [0.15, 0.2) is 11.3 Å². The number of hydrogen-bond acceptors (Lipinski definition) is 5. The van der Waals surface area contributed by atoms with Crippen LogP contribution in [0.2, 0.25) is 0 Å². The fourth-order valence-corrected chi connectivity index (χ4v) is 4.45. The van der Waals surface area contributed by atoms with E-state index in [2.05, 4.69) is 21.7 Å². The molecule has 6 nitrogen and oxygen atoms in total. The molecule has 0 saturated carbocycles. The standard InChI is InChI=1S/C26H28N2O4/c1-17-5-6-19(14-27-17)15-31-21-7-8-23-20(12-21)9-10-28-25(13-24(29)18(2)26(23)28)32-16-22-4-3-11-30-22/h5-8,12-14,22H,3-4,9-11,15-16H2,1-2H3. The van der Waals surface area contributed by atoms with Gasteiger partial charge in [-0.15, -0.1) is 0 Å². The molecule has 0 bridgehead atoms. The highest BCUT2D eigenvalue weighted by molar-refractivity contribution is 5.70. The van der Waals surface area contributed by atoms with Gasteiger partial charge in [-0.1, -0.05) is 6.07 Å². The van der Waals surface area contributed by atoms with Crippen molar-refractivity contribution in [2.75, 3.05) is 13.2 Å². The minimum atomic E-state index is -0.00126. The molecular formula is C26H28N2O4. The first-order valence-electron chi connectivity index (χ1n) is 11.2. The van der Waals surface area contributed by atoms with Crippen LogP contribution in [0.3, 0.4) is 0 Å². The van der Waals surface area contributed by atoms with Gasteiger partial charge in [0.2, 0.25) is 0 Å². The Balaban J connectivity index is 1.39. The zero-order chi connectivity index (χ0) is 22.1. The molecule has 1 aromatic carbocycles. The number of benzene rings is 1. The number of ether oxygens (including phenoxy) is 3. The number of aryl methyl sites for hydroxylation is 2. The van der Waals surface area contributed by atoms with Crippen molar-refractivity contribution in [1.82, 2.24) is 9.55 Å². The highest BCUT2D eigenvalue weighted by atomic mass is 16.5. The Bertz CT molecular complexity index is 1180. The topological polar surface area (TPSA) is 62.6 Å². The lowest BCUT2D eigenvalue weighted by atomic mass is 9.94. The third-order valence-corrected chi connectivity index (χ3v) is 6.27. The third-order valence-electron chi connectivity index (χ3n) is 6.27. The van der Waals surface area contributed by atoms with Crippen LogP contribution in [0.1, 0.15) is 35.2 Å². The van der Waals surface area contributed by atoms with Gasteiger partial charge in [-0.2, -0.15) is 0 Å². The van der Waals surface area contributed by atoms with Crippen LogP contribution < -0.4 is 14.9 Å². The summed E-state index contributed by atoms with van der Waals surface area (Å²) >= 11 is 0. The van der Waals surface area contributed by atoms with Crippen LogP contribution in [-0.2, 0) is 24.3 Å². The van der Waals surface area contributed by atoms with Crippen molar-refractivity contribution in [3.63, 3.8) is 0 Å². The first-order chi connectivity index (χ1) is 15.6. The maximum atomic E-state index is 12.7. The van der Waals surface area contributed by atoms with Crippen LogP contribution in [0.4, 0.5) is 0 Å². The Hall–Kier alpha value is -3.12. The van der Waals surface area contributed by atoms with Crippen molar-refractivity contribution in [1.29, 1.82) is 0 Å². The van der Waals surface area contributed by atoms with Gasteiger partial charge in [0.05, 0.1) is 11.8 Å². The molecule has 1 atom stereocenters. The highest BCUT2D eigenvalue weighted by Gasteiger charge is 2.24. The molecule has 2 aliphatic heterocycles. The van der Waals surface area contributed by atoms with Crippen LogP contribution in [0.15, 0.2) is 47.4 Å². The second-order valence-corrected chi connectivity index (χ2v) is 8.58.